The van der Waals surface area contributed by atoms with Gasteiger partial charge < -0.3 is 9.47 Å². The second-order valence-corrected chi connectivity index (χ2v) is 10.3. The fourth-order valence-electron chi connectivity index (χ4n) is 3.03. The molecule has 0 saturated carbocycles. The maximum absolute atomic E-state index is 12.6. The van der Waals surface area contributed by atoms with Crippen molar-refractivity contribution in [2.75, 3.05) is 13.2 Å². The predicted molar refractivity (Wildman–Crippen MR) is 129 cm³/mol. The van der Waals surface area contributed by atoms with Crippen LogP contribution >= 0.6 is 31.9 Å². The number of halogens is 2. The van der Waals surface area contributed by atoms with Gasteiger partial charge in [0.2, 0.25) is 0 Å². The molecule has 0 amide bonds. The molecule has 0 fully saturated rings. The lowest BCUT2D eigenvalue weighted by atomic mass is 10.1. The van der Waals surface area contributed by atoms with Gasteiger partial charge in [0.15, 0.2) is 0 Å². The van der Waals surface area contributed by atoms with Crippen molar-refractivity contribution in [2.45, 2.75) is 79.1 Å². The van der Waals surface area contributed by atoms with Gasteiger partial charge in [-0.05, 0) is 68.7 Å². The van der Waals surface area contributed by atoms with Gasteiger partial charge in [-0.25, -0.2) is 9.59 Å². The minimum Gasteiger partial charge on any atom is -0.462 e. The quantitative estimate of drug-likeness (QED) is 0.175. The standard InChI is InChI=1S/C24H36Br2O4/c1-17(2)11-7-5-9-13-29-23(27)19-15-21(25)22(26)16-20(19)24(28)30-14-10-6-8-12-18(3)4/h15-18H,5-14H2,1-4H3. The Morgan fingerprint density at radius 1 is 0.700 bits per heavy atom. The highest BCUT2D eigenvalue weighted by molar-refractivity contribution is 9.13. The third kappa shape index (κ3) is 10.9. The molecule has 170 valence electrons. The normalized spacial score (nSPS) is 11.2. The Labute approximate surface area is 198 Å². The van der Waals surface area contributed by atoms with Crippen molar-refractivity contribution in [1.82, 2.24) is 0 Å². The average Bonchev–Trinajstić information content (AvgIpc) is 2.68. The number of hydrogen-bond acceptors (Lipinski definition) is 4. The molecule has 30 heavy (non-hydrogen) atoms. The van der Waals surface area contributed by atoms with Crippen molar-refractivity contribution in [3.05, 3.63) is 32.2 Å². The zero-order valence-electron chi connectivity index (χ0n) is 18.8. The Morgan fingerprint density at radius 3 is 1.40 bits per heavy atom. The molecule has 0 aliphatic heterocycles. The molecule has 0 aliphatic rings. The van der Waals surface area contributed by atoms with E-state index in [4.69, 9.17) is 9.47 Å². The van der Waals surface area contributed by atoms with Crippen LogP contribution in [0.2, 0.25) is 0 Å². The monoisotopic (exact) mass is 546 g/mol. The molecule has 4 nitrogen and oxygen atoms in total. The number of carbonyl (C=O) groups is 2. The van der Waals surface area contributed by atoms with E-state index >= 15 is 0 Å². The van der Waals surface area contributed by atoms with Crippen LogP contribution in [0, 0.1) is 11.8 Å². The Hall–Kier alpha value is -0.880. The van der Waals surface area contributed by atoms with Crippen molar-refractivity contribution >= 4 is 43.8 Å². The first-order valence-electron chi connectivity index (χ1n) is 11.1. The van der Waals surface area contributed by atoms with Crippen molar-refractivity contribution in [3.63, 3.8) is 0 Å². The lowest BCUT2D eigenvalue weighted by Crippen LogP contribution is -2.15. The van der Waals surface area contributed by atoms with Gasteiger partial charge in [-0.15, -0.1) is 0 Å². The van der Waals surface area contributed by atoms with Crippen LogP contribution in [0.4, 0.5) is 0 Å². The van der Waals surface area contributed by atoms with E-state index in [1.807, 2.05) is 0 Å². The topological polar surface area (TPSA) is 52.6 Å². The van der Waals surface area contributed by atoms with Crippen LogP contribution in [0.3, 0.4) is 0 Å². The van der Waals surface area contributed by atoms with Crippen molar-refractivity contribution in [2.24, 2.45) is 11.8 Å². The maximum atomic E-state index is 12.6. The second kappa shape index (κ2) is 15.0. The Morgan fingerprint density at radius 2 is 1.07 bits per heavy atom. The summed E-state index contributed by atoms with van der Waals surface area (Å²) in [6.07, 6.45) is 8.34. The molecule has 0 saturated heterocycles. The Balaban J connectivity index is 2.59. The van der Waals surface area contributed by atoms with E-state index in [2.05, 4.69) is 59.6 Å². The summed E-state index contributed by atoms with van der Waals surface area (Å²) < 4.78 is 12.2. The van der Waals surface area contributed by atoms with Gasteiger partial charge >= 0.3 is 11.9 Å². The van der Waals surface area contributed by atoms with Crippen LogP contribution in [0.25, 0.3) is 0 Å². The van der Waals surface area contributed by atoms with Crippen LogP contribution in [-0.2, 0) is 9.47 Å². The van der Waals surface area contributed by atoms with Gasteiger partial charge in [-0.1, -0.05) is 66.2 Å². The van der Waals surface area contributed by atoms with Crippen molar-refractivity contribution in [1.29, 1.82) is 0 Å². The maximum Gasteiger partial charge on any atom is 0.339 e. The SMILES string of the molecule is CC(C)CCCCCOC(=O)c1cc(Br)c(Br)cc1C(=O)OCCCCCC(C)C. The lowest BCUT2D eigenvalue weighted by molar-refractivity contribution is 0.0450. The van der Waals surface area contributed by atoms with Gasteiger partial charge in [-0.2, -0.15) is 0 Å². The molecule has 0 heterocycles. The molecule has 6 heteroatoms. The van der Waals surface area contributed by atoms with Crippen LogP contribution in [0.15, 0.2) is 21.1 Å². The summed E-state index contributed by atoms with van der Waals surface area (Å²) in [5.74, 6) is 0.403. The van der Waals surface area contributed by atoms with Gasteiger partial charge in [-0.3, -0.25) is 0 Å². The third-order valence-corrected chi connectivity index (χ3v) is 6.66. The molecule has 0 bridgehead atoms. The zero-order valence-corrected chi connectivity index (χ0v) is 21.9. The number of benzene rings is 1. The van der Waals surface area contributed by atoms with Crippen LogP contribution in [0.1, 0.15) is 99.8 Å². The summed E-state index contributed by atoms with van der Waals surface area (Å²) >= 11 is 6.80. The second-order valence-electron chi connectivity index (χ2n) is 8.57. The first kappa shape index (κ1) is 27.2. The third-order valence-electron chi connectivity index (χ3n) is 4.82. The molecule has 0 unspecified atom stereocenters. The minimum atomic E-state index is -0.490. The summed E-state index contributed by atoms with van der Waals surface area (Å²) in [6, 6.07) is 3.23. The van der Waals surface area contributed by atoms with E-state index < -0.39 is 11.9 Å². The van der Waals surface area contributed by atoms with Gasteiger partial charge in [0.25, 0.3) is 0 Å². The molecule has 0 N–H and O–H groups in total. The minimum absolute atomic E-state index is 0.233. The van der Waals surface area contributed by atoms with E-state index in [0.717, 1.165) is 38.5 Å². The predicted octanol–water partition coefficient (Wildman–Crippen LogP) is 7.96. The zero-order chi connectivity index (χ0) is 22.5. The molecule has 0 radical (unpaired) electrons. The van der Waals surface area contributed by atoms with E-state index in [-0.39, 0.29) is 11.1 Å². The van der Waals surface area contributed by atoms with Crippen molar-refractivity contribution in [3.8, 4) is 0 Å². The molecule has 0 spiro atoms. The fraction of sp³-hybridized carbons (Fsp3) is 0.667. The number of ether oxygens (including phenoxy) is 2. The molecular formula is C24H36Br2O4. The largest absolute Gasteiger partial charge is 0.462 e. The van der Waals surface area contributed by atoms with E-state index in [0.29, 0.717) is 34.0 Å². The Bertz CT molecular complexity index is 614. The van der Waals surface area contributed by atoms with Gasteiger partial charge in [0.1, 0.15) is 0 Å². The smallest absolute Gasteiger partial charge is 0.339 e. The van der Waals surface area contributed by atoms with Crippen LogP contribution in [-0.4, -0.2) is 25.2 Å². The number of carbonyl (C=O) groups excluding carboxylic acids is 2. The van der Waals surface area contributed by atoms with Crippen molar-refractivity contribution < 1.29 is 19.1 Å². The van der Waals surface area contributed by atoms with E-state index in [9.17, 15) is 9.59 Å². The molecule has 0 aromatic heterocycles. The molecule has 0 aliphatic carbocycles. The Kier molecular flexibility index (Phi) is 13.6. The first-order valence-corrected chi connectivity index (χ1v) is 12.6. The lowest BCUT2D eigenvalue weighted by Gasteiger charge is -2.12. The summed E-state index contributed by atoms with van der Waals surface area (Å²) in [4.78, 5) is 25.2. The van der Waals surface area contributed by atoms with Gasteiger partial charge in [0.05, 0.1) is 24.3 Å². The number of hydrogen-bond donors (Lipinski definition) is 0. The number of esters is 2. The molecule has 1 aromatic rings. The summed E-state index contributed by atoms with van der Waals surface area (Å²) in [5.41, 5.74) is 0.467. The van der Waals surface area contributed by atoms with E-state index in [1.54, 1.807) is 12.1 Å². The molecule has 0 atom stereocenters. The fourth-order valence-corrected chi connectivity index (χ4v) is 3.72. The number of unbranched alkanes of at least 4 members (excludes halogenated alkanes) is 4. The highest BCUT2D eigenvalue weighted by Gasteiger charge is 2.21. The number of rotatable bonds is 14. The first-order chi connectivity index (χ1) is 14.2. The van der Waals surface area contributed by atoms with Gasteiger partial charge in [0, 0.05) is 8.95 Å². The summed E-state index contributed by atoms with van der Waals surface area (Å²) in [6.45, 7) is 9.54. The summed E-state index contributed by atoms with van der Waals surface area (Å²) in [5, 5.41) is 0. The molecule has 1 rings (SSSR count). The van der Waals surface area contributed by atoms with Crippen LogP contribution < -0.4 is 0 Å². The highest BCUT2D eigenvalue weighted by Crippen LogP contribution is 2.28. The molecular weight excluding hydrogens is 512 g/mol. The summed E-state index contributed by atoms with van der Waals surface area (Å²) in [7, 11) is 0. The van der Waals surface area contributed by atoms with Crippen LogP contribution in [0.5, 0.6) is 0 Å². The van der Waals surface area contributed by atoms with E-state index in [1.165, 1.54) is 12.8 Å². The average molecular weight is 548 g/mol. The molecule has 1 aromatic carbocycles. The highest BCUT2D eigenvalue weighted by atomic mass is 79.9.